The van der Waals surface area contributed by atoms with Gasteiger partial charge in [-0.25, -0.2) is 4.68 Å². The zero-order valence-corrected chi connectivity index (χ0v) is 13.6. The molecule has 128 valence electrons. The minimum Gasteiger partial charge on any atom is -0.388 e. The molecule has 2 heterocycles. The summed E-state index contributed by atoms with van der Waals surface area (Å²) in [7, 11) is 0. The Morgan fingerprint density at radius 1 is 1.29 bits per heavy atom. The number of carbonyl (C=O) groups excluding carboxylic acids is 1. The van der Waals surface area contributed by atoms with Crippen LogP contribution in [0.15, 0.2) is 36.5 Å². The van der Waals surface area contributed by atoms with E-state index < -0.39 is 11.5 Å². The van der Waals surface area contributed by atoms with Crippen molar-refractivity contribution in [3.05, 3.63) is 47.8 Å². The molecule has 1 fully saturated rings. The molecule has 3 rings (SSSR count). The maximum atomic E-state index is 11.2. The first kappa shape index (κ1) is 16.6. The standard InChI is InChI=1S/C17H23N5O2/c18-16(23)9-17(24)7-4-8-21(13-17)12-15-10-19-20-22(15)11-14-5-2-1-3-6-14/h1-3,5-6,10,24H,4,7-9,11-13H2,(H2,18,23). The lowest BCUT2D eigenvalue weighted by atomic mass is 9.89. The molecular formula is C17H23N5O2. The summed E-state index contributed by atoms with van der Waals surface area (Å²) in [5, 5.41) is 18.7. The van der Waals surface area contributed by atoms with Gasteiger partial charge in [-0.05, 0) is 24.9 Å². The largest absolute Gasteiger partial charge is 0.388 e. The molecule has 2 aromatic rings. The molecule has 1 unspecified atom stereocenters. The van der Waals surface area contributed by atoms with E-state index in [9.17, 15) is 9.90 Å². The third kappa shape index (κ3) is 4.18. The Morgan fingerprint density at radius 3 is 2.83 bits per heavy atom. The van der Waals surface area contributed by atoms with E-state index in [0.29, 0.717) is 26.1 Å². The number of primary amides is 1. The van der Waals surface area contributed by atoms with Crippen molar-refractivity contribution in [2.24, 2.45) is 5.73 Å². The van der Waals surface area contributed by atoms with Crippen LogP contribution in [0.4, 0.5) is 0 Å². The number of carbonyl (C=O) groups is 1. The van der Waals surface area contributed by atoms with Gasteiger partial charge < -0.3 is 10.8 Å². The Balaban J connectivity index is 1.66. The van der Waals surface area contributed by atoms with Crippen molar-refractivity contribution in [3.63, 3.8) is 0 Å². The van der Waals surface area contributed by atoms with Gasteiger partial charge in [-0.15, -0.1) is 5.10 Å². The molecule has 0 bridgehead atoms. The van der Waals surface area contributed by atoms with Gasteiger partial charge in [-0.2, -0.15) is 0 Å². The number of nitrogens with zero attached hydrogens (tertiary/aromatic N) is 4. The minimum absolute atomic E-state index is 0.00499. The van der Waals surface area contributed by atoms with Crippen LogP contribution in [0, 0.1) is 0 Å². The number of amides is 1. The van der Waals surface area contributed by atoms with Crippen molar-refractivity contribution in [3.8, 4) is 0 Å². The number of nitrogens with two attached hydrogens (primary N) is 1. The van der Waals surface area contributed by atoms with E-state index in [2.05, 4.69) is 27.3 Å². The van der Waals surface area contributed by atoms with Gasteiger partial charge in [0, 0.05) is 13.1 Å². The summed E-state index contributed by atoms with van der Waals surface area (Å²) in [6.45, 7) is 2.61. The summed E-state index contributed by atoms with van der Waals surface area (Å²) < 4.78 is 1.87. The Labute approximate surface area is 141 Å². The highest BCUT2D eigenvalue weighted by molar-refractivity contribution is 5.75. The van der Waals surface area contributed by atoms with Gasteiger partial charge in [-0.1, -0.05) is 35.5 Å². The number of hydrogen-bond donors (Lipinski definition) is 2. The van der Waals surface area contributed by atoms with Crippen molar-refractivity contribution in [2.75, 3.05) is 13.1 Å². The molecule has 1 aliphatic heterocycles. The van der Waals surface area contributed by atoms with E-state index in [1.54, 1.807) is 6.20 Å². The molecule has 0 spiro atoms. The second kappa shape index (κ2) is 7.11. The lowest BCUT2D eigenvalue weighted by molar-refractivity contribution is -0.125. The van der Waals surface area contributed by atoms with Gasteiger partial charge in [-0.3, -0.25) is 9.69 Å². The quantitative estimate of drug-likeness (QED) is 0.806. The highest BCUT2D eigenvalue weighted by Gasteiger charge is 2.34. The van der Waals surface area contributed by atoms with Crippen molar-refractivity contribution in [2.45, 2.75) is 38.0 Å². The first-order valence-corrected chi connectivity index (χ1v) is 8.18. The fraction of sp³-hybridized carbons (Fsp3) is 0.471. The SMILES string of the molecule is NC(=O)CC1(O)CCCN(Cc2cnnn2Cc2ccccc2)C1. The van der Waals surface area contributed by atoms with E-state index in [1.165, 1.54) is 0 Å². The molecule has 24 heavy (non-hydrogen) atoms. The first-order chi connectivity index (χ1) is 11.5. The minimum atomic E-state index is -1.03. The second-order valence-corrected chi connectivity index (χ2v) is 6.55. The van der Waals surface area contributed by atoms with E-state index in [0.717, 1.165) is 24.2 Å². The van der Waals surface area contributed by atoms with Crippen LogP contribution in [0.2, 0.25) is 0 Å². The van der Waals surface area contributed by atoms with E-state index in [4.69, 9.17) is 5.73 Å². The lowest BCUT2D eigenvalue weighted by Gasteiger charge is -2.38. The number of benzene rings is 1. The number of likely N-dealkylation sites (tertiary alicyclic amines) is 1. The molecule has 1 aliphatic rings. The predicted molar refractivity (Wildman–Crippen MR) is 88.8 cm³/mol. The zero-order chi connectivity index (χ0) is 17.0. The van der Waals surface area contributed by atoms with Crippen molar-refractivity contribution in [1.82, 2.24) is 19.9 Å². The molecule has 7 heteroatoms. The smallest absolute Gasteiger partial charge is 0.220 e. The van der Waals surface area contributed by atoms with Crippen molar-refractivity contribution in [1.29, 1.82) is 0 Å². The van der Waals surface area contributed by atoms with Gasteiger partial charge in [0.15, 0.2) is 0 Å². The molecule has 1 amide bonds. The highest BCUT2D eigenvalue weighted by atomic mass is 16.3. The molecule has 1 aromatic carbocycles. The van der Waals surface area contributed by atoms with Gasteiger partial charge >= 0.3 is 0 Å². The summed E-state index contributed by atoms with van der Waals surface area (Å²) in [6, 6.07) is 10.1. The summed E-state index contributed by atoms with van der Waals surface area (Å²) in [5.74, 6) is -0.463. The van der Waals surface area contributed by atoms with Gasteiger partial charge in [0.2, 0.25) is 5.91 Å². The van der Waals surface area contributed by atoms with Crippen LogP contribution < -0.4 is 5.73 Å². The first-order valence-electron chi connectivity index (χ1n) is 8.18. The van der Waals surface area contributed by atoms with Crippen molar-refractivity contribution >= 4 is 5.91 Å². The molecule has 7 nitrogen and oxygen atoms in total. The number of β-amino-alcohol motifs (C(OH)–C–C–N with tert-alkyl or cyclic N) is 1. The van der Waals surface area contributed by atoms with Crippen LogP contribution >= 0.6 is 0 Å². The zero-order valence-electron chi connectivity index (χ0n) is 13.6. The van der Waals surface area contributed by atoms with Gasteiger partial charge in [0.25, 0.3) is 0 Å². The Hall–Kier alpha value is -2.25. The number of aromatic nitrogens is 3. The predicted octanol–water partition coefficient (Wildman–Crippen LogP) is 0.529. The van der Waals surface area contributed by atoms with Crippen LogP contribution in [-0.4, -0.2) is 49.6 Å². The summed E-state index contributed by atoms with van der Waals surface area (Å²) in [5.41, 5.74) is 6.38. The third-order valence-corrected chi connectivity index (χ3v) is 4.40. The number of rotatable bonds is 6. The van der Waals surface area contributed by atoms with E-state index >= 15 is 0 Å². The Kier molecular flexibility index (Phi) is 4.92. The van der Waals surface area contributed by atoms with Crippen LogP contribution in [0.3, 0.4) is 0 Å². The van der Waals surface area contributed by atoms with Crippen LogP contribution in [-0.2, 0) is 17.9 Å². The Bertz CT molecular complexity index is 687. The van der Waals surface area contributed by atoms with E-state index in [-0.39, 0.29) is 6.42 Å². The van der Waals surface area contributed by atoms with Crippen LogP contribution in [0.5, 0.6) is 0 Å². The molecule has 3 N–H and O–H groups in total. The van der Waals surface area contributed by atoms with Gasteiger partial charge in [0.05, 0.1) is 30.5 Å². The van der Waals surface area contributed by atoms with Crippen LogP contribution in [0.25, 0.3) is 0 Å². The molecule has 0 radical (unpaired) electrons. The fourth-order valence-corrected chi connectivity index (χ4v) is 3.33. The number of piperidine rings is 1. The molecule has 1 aromatic heterocycles. The maximum absolute atomic E-state index is 11.2. The van der Waals surface area contributed by atoms with Crippen molar-refractivity contribution < 1.29 is 9.90 Å². The average molecular weight is 329 g/mol. The molecule has 0 saturated carbocycles. The summed E-state index contributed by atoms with van der Waals surface area (Å²) in [6.07, 6.45) is 3.20. The lowest BCUT2D eigenvalue weighted by Crippen LogP contribution is -2.49. The summed E-state index contributed by atoms with van der Waals surface area (Å²) in [4.78, 5) is 13.3. The van der Waals surface area contributed by atoms with E-state index in [1.807, 2.05) is 22.9 Å². The topological polar surface area (TPSA) is 97.3 Å². The molecular weight excluding hydrogens is 306 g/mol. The number of hydrogen-bond acceptors (Lipinski definition) is 5. The highest BCUT2D eigenvalue weighted by Crippen LogP contribution is 2.25. The fourth-order valence-electron chi connectivity index (χ4n) is 3.33. The Morgan fingerprint density at radius 2 is 2.08 bits per heavy atom. The molecule has 1 saturated heterocycles. The second-order valence-electron chi connectivity index (χ2n) is 6.55. The normalized spacial score (nSPS) is 21.7. The third-order valence-electron chi connectivity index (χ3n) is 4.40. The van der Waals surface area contributed by atoms with Gasteiger partial charge in [0.1, 0.15) is 0 Å². The number of aliphatic hydroxyl groups is 1. The summed E-state index contributed by atoms with van der Waals surface area (Å²) >= 11 is 0. The average Bonchev–Trinajstić information content (AvgIpc) is 2.94. The molecule has 0 aliphatic carbocycles. The molecule has 1 atom stereocenters. The monoisotopic (exact) mass is 329 g/mol. The van der Waals surface area contributed by atoms with Crippen LogP contribution in [0.1, 0.15) is 30.5 Å². The maximum Gasteiger partial charge on any atom is 0.220 e.